The lowest BCUT2D eigenvalue weighted by Gasteiger charge is -2.33. The summed E-state index contributed by atoms with van der Waals surface area (Å²) in [5, 5.41) is 0. The van der Waals surface area contributed by atoms with Crippen LogP contribution in [0.1, 0.15) is 0 Å². The van der Waals surface area contributed by atoms with Gasteiger partial charge in [0.05, 0.1) is 53.2 Å². The highest BCUT2D eigenvalue weighted by Crippen LogP contribution is 2.06. The summed E-state index contributed by atoms with van der Waals surface area (Å²) in [6.07, 6.45) is 0.174. The zero-order valence-corrected chi connectivity index (χ0v) is 17.2. The van der Waals surface area contributed by atoms with Crippen molar-refractivity contribution >= 4 is 23.2 Å². The Kier molecular flexibility index (Phi) is 12.0. The third-order valence-electron chi connectivity index (χ3n) is 4.09. The second kappa shape index (κ2) is 11.9. The van der Waals surface area contributed by atoms with Gasteiger partial charge in [0.25, 0.3) is 0 Å². The topological polar surface area (TPSA) is 27.7 Å². The number of hydrogen-bond donors (Lipinski definition) is 0. The fourth-order valence-electron chi connectivity index (χ4n) is 2.38. The van der Waals surface area contributed by atoms with Crippen LogP contribution in [0, 0.1) is 0 Å². The first-order valence-electron chi connectivity index (χ1n) is 8.09. The largest absolute Gasteiger partial charge is 0.374 e. The van der Waals surface area contributed by atoms with Crippen molar-refractivity contribution in [2.45, 2.75) is 12.2 Å². The fraction of sp³-hybridized carbons (Fsp3) is 1.00. The van der Waals surface area contributed by atoms with Crippen LogP contribution in [-0.2, 0) is 14.2 Å². The Morgan fingerprint density at radius 1 is 0.739 bits per heavy atom. The first kappa shape index (κ1) is 23.4. The van der Waals surface area contributed by atoms with Gasteiger partial charge in [-0.1, -0.05) is 0 Å². The van der Waals surface area contributed by atoms with E-state index in [0.29, 0.717) is 11.8 Å². The summed E-state index contributed by atoms with van der Waals surface area (Å²) in [5.41, 5.74) is 0. The second-order valence-corrected chi connectivity index (χ2v) is 7.94. The van der Waals surface area contributed by atoms with E-state index in [1.165, 1.54) is 0 Å². The molecule has 23 heavy (non-hydrogen) atoms. The van der Waals surface area contributed by atoms with Gasteiger partial charge in [0, 0.05) is 14.2 Å². The molecule has 2 unspecified atom stereocenters. The van der Waals surface area contributed by atoms with Gasteiger partial charge in [-0.25, -0.2) is 0 Å². The average molecular weight is 375 g/mol. The Morgan fingerprint density at radius 3 is 1.35 bits per heavy atom. The highest BCUT2D eigenvalue weighted by Gasteiger charge is 2.23. The number of nitrogens with zero attached hydrogens (tertiary/aromatic N) is 2. The predicted molar refractivity (Wildman–Crippen MR) is 97.5 cm³/mol. The third kappa shape index (κ3) is 11.5. The Balaban J connectivity index is 3.98. The van der Waals surface area contributed by atoms with E-state index in [9.17, 15) is 0 Å². The summed E-state index contributed by atoms with van der Waals surface area (Å²) >= 11 is 11.8. The molecule has 0 aromatic carbocycles. The Hall–Kier alpha value is 0.380. The molecule has 0 saturated carbocycles. The number of likely N-dealkylation sites (N-methyl/N-ethyl adjacent to an activating group) is 2. The molecule has 0 radical (unpaired) electrons. The van der Waals surface area contributed by atoms with Gasteiger partial charge in [-0.3, -0.25) is 0 Å². The van der Waals surface area contributed by atoms with E-state index < -0.39 is 0 Å². The minimum Gasteiger partial charge on any atom is -0.374 e. The van der Waals surface area contributed by atoms with Gasteiger partial charge >= 0.3 is 0 Å². The van der Waals surface area contributed by atoms with Crippen LogP contribution in [0.3, 0.4) is 0 Å². The Morgan fingerprint density at radius 2 is 1.09 bits per heavy atom. The van der Waals surface area contributed by atoms with Crippen LogP contribution in [0.4, 0.5) is 0 Å². The molecule has 0 spiro atoms. The van der Waals surface area contributed by atoms with E-state index in [0.717, 1.165) is 48.4 Å². The maximum absolute atomic E-state index is 5.89. The van der Waals surface area contributed by atoms with Gasteiger partial charge in [0.1, 0.15) is 38.4 Å². The van der Waals surface area contributed by atoms with E-state index in [4.69, 9.17) is 37.4 Å². The number of methoxy groups -OCH3 is 2. The molecule has 0 bridgehead atoms. The lowest BCUT2D eigenvalue weighted by atomic mass is 10.3. The molecule has 5 nitrogen and oxygen atoms in total. The molecule has 0 aromatic heterocycles. The van der Waals surface area contributed by atoms with Gasteiger partial charge < -0.3 is 23.2 Å². The predicted octanol–water partition coefficient (Wildman–Crippen LogP) is 1.66. The van der Waals surface area contributed by atoms with Gasteiger partial charge in [0.2, 0.25) is 0 Å². The molecule has 140 valence electrons. The van der Waals surface area contributed by atoms with Gasteiger partial charge in [-0.15, -0.1) is 23.2 Å². The van der Waals surface area contributed by atoms with Crippen molar-refractivity contribution in [1.29, 1.82) is 0 Å². The molecule has 0 aliphatic rings. The average Bonchev–Trinajstić information content (AvgIpc) is 2.49. The number of quaternary nitrogens is 2. The molecule has 0 saturated heterocycles. The summed E-state index contributed by atoms with van der Waals surface area (Å²) in [5.74, 6) is 1.04. The molecular formula is C16H36Cl2N2O3+2. The summed E-state index contributed by atoms with van der Waals surface area (Å²) in [4.78, 5) is 0. The van der Waals surface area contributed by atoms with Crippen LogP contribution in [-0.4, -0.2) is 115 Å². The maximum Gasteiger partial charge on any atom is 0.119 e. The minimum atomic E-state index is 0.0868. The SMILES string of the molecule is COC(CCl)C[N+](C)(C)CCOCC[N+](C)(C)CC(CCl)OC. The van der Waals surface area contributed by atoms with Crippen molar-refractivity contribution in [3.8, 4) is 0 Å². The van der Waals surface area contributed by atoms with Gasteiger partial charge in [-0.2, -0.15) is 0 Å². The molecule has 0 N–H and O–H groups in total. The quantitative estimate of drug-likeness (QED) is 0.263. The molecule has 0 heterocycles. The number of hydrogen-bond acceptors (Lipinski definition) is 3. The van der Waals surface area contributed by atoms with Crippen molar-refractivity contribution in [2.24, 2.45) is 0 Å². The maximum atomic E-state index is 5.89. The molecule has 0 fully saturated rings. The second-order valence-electron chi connectivity index (χ2n) is 7.32. The molecule has 7 heteroatoms. The van der Waals surface area contributed by atoms with Crippen LogP contribution in [0.25, 0.3) is 0 Å². The molecule has 0 rings (SSSR count). The summed E-state index contributed by atoms with van der Waals surface area (Å²) in [6.45, 7) is 5.11. The molecule has 2 atom stereocenters. The smallest absolute Gasteiger partial charge is 0.119 e. The molecule has 0 aromatic rings. The first-order chi connectivity index (χ1) is 10.7. The summed E-state index contributed by atoms with van der Waals surface area (Å²) < 4.78 is 18.2. The van der Waals surface area contributed by atoms with Gasteiger partial charge in [0.15, 0.2) is 0 Å². The molecule has 0 amide bonds. The zero-order valence-electron chi connectivity index (χ0n) is 15.7. The third-order valence-corrected chi connectivity index (χ3v) is 4.78. The van der Waals surface area contributed by atoms with Crippen molar-refractivity contribution < 1.29 is 23.2 Å². The Bertz CT molecular complexity index is 269. The minimum absolute atomic E-state index is 0.0868. The molecule has 0 aliphatic heterocycles. The van der Waals surface area contributed by atoms with E-state index in [2.05, 4.69) is 28.2 Å². The van der Waals surface area contributed by atoms with E-state index >= 15 is 0 Å². The zero-order chi connectivity index (χ0) is 17.9. The summed E-state index contributed by atoms with van der Waals surface area (Å²) in [7, 11) is 12.1. The monoisotopic (exact) mass is 374 g/mol. The highest BCUT2D eigenvalue weighted by molar-refractivity contribution is 6.18. The van der Waals surface area contributed by atoms with Gasteiger partial charge in [-0.05, 0) is 0 Å². The van der Waals surface area contributed by atoms with Crippen molar-refractivity contribution in [2.75, 3.05) is 93.6 Å². The van der Waals surface area contributed by atoms with E-state index in [1.807, 2.05) is 0 Å². The number of ether oxygens (including phenoxy) is 3. The van der Waals surface area contributed by atoms with E-state index in [1.54, 1.807) is 14.2 Å². The van der Waals surface area contributed by atoms with Crippen molar-refractivity contribution in [1.82, 2.24) is 0 Å². The number of rotatable bonds is 14. The van der Waals surface area contributed by atoms with Crippen molar-refractivity contribution in [3.05, 3.63) is 0 Å². The fourth-order valence-corrected chi connectivity index (χ4v) is 2.83. The van der Waals surface area contributed by atoms with Crippen LogP contribution in [0.5, 0.6) is 0 Å². The normalized spacial score (nSPS) is 15.7. The van der Waals surface area contributed by atoms with Crippen LogP contribution in [0.2, 0.25) is 0 Å². The van der Waals surface area contributed by atoms with Crippen LogP contribution >= 0.6 is 23.2 Å². The highest BCUT2D eigenvalue weighted by atomic mass is 35.5. The van der Waals surface area contributed by atoms with Crippen LogP contribution in [0.15, 0.2) is 0 Å². The van der Waals surface area contributed by atoms with Crippen molar-refractivity contribution in [3.63, 3.8) is 0 Å². The molecular weight excluding hydrogens is 339 g/mol. The number of alkyl halides is 2. The Labute approximate surface area is 152 Å². The summed E-state index contributed by atoms with van der Waals surface area (Å²) in [6, 6.07) is 0. The first-order valence-corrected chi connectivity index (χ1v) is 9.16. The van der Waals surface area contributed by atoms with Crippen LogP contribution < -0.4 is 0 Å². The lowest BCUT2D eigenvalue weighted by molar-refractivity contribution is -0.896. The molecule has 0 aliphatic carbocycles. The standard InChI is InChI=1S/C16H36Cl2N2O3/c1-19(2,13-15(11-17)21-5)7-9-23-10-8-20(3,4)14-16(12-18)22-6/h15-16H,7-14H2,1-6H3/q+2. The lowest BCUT2D eigenvalue weighted by Crippen LogP contribution is -2.49. The van der Waals surface area contributed by atoms with E-state index in [-0.39, 0.29) is 12.2 Å². The number of halogens is 2.